The van der Waals surface area contributed by atoms with E-state index in [9.17, 15) is 9.59 Å². The van der Waals surface area contributed by atoms with Crippen LogP contribution in [0.3, 0.4) is 0 Å². The Morgan fingerprint density at radius 2 is 1.75 bits per heavy atom. The first-order chi connectivity index (χ1) is 13.0. The molecular formula is C23H35NO4. The monoisotopic (exact) mass is 389 g/mol. The zero-order chi connectivity index (χ0) is 20.9. The maximum absolute atomic E-state index is 12.8. The van der Waals surface area contributed by atoms with Crippen molar-refractivity contribution in [3.63, 3.8) is 0 Å². The summed E-state index contributed by atoms with van der Waals surface area (Å²) in [5.74, 6) is 0.354. The molecule has 2 N–H and O–H groups in total. The van der Waals surface area contributed by atoms with Crippen LogP contribution in [0.5, 0.6) is 5.75 Å². The lowest BCUT2D eigenvalue weighted by molar-refractivity contribution is -0.137. The molecule has 0 spiro atoms. The lowest BCUT2D eigenvalue weighted by Crippen LogP contribution is -2.51. The van der Waals surface area contributed by atoms with Crippen LogP contribution in [-0.2, 0) is 16.0 Å². The molecule has 1 aliphatic rings. The number of nitrogens with one attached hydrogen (secondary N) is 1. The lowest BCUT2D eigenvalue weighted by Gasteiger charge is -2.38. The van der Waals surface area contributed by atoms with Crippen molar-refractivity contribution in [1.82, 2.24) is 5.32 Å². The number of ether oxygens (including phenoxy) is 1. The highest BCUT2D eigenvalue weighted by Gasteiger charge is 2.34. The van der Waals surface area contributed by atoms with E-state index in [1.54, 1.807) is 19.9 Å². The van der Waals surface area contributed by atoms with Gasteiger partial charge >= 0.3 is 5.97 Å². The van der Waals surface area contributed by atoms with Gasteiger partial charge in [-0.15, -0.1) is 0 Å². The second-order valence-corrected chi connectivity index (χ2v) is 9.54. The van der Waals surface area contributed by atoms with Crippen LogP contribution >= 0.6 is 0 Å². The quantitative estimate of drug-likeness (QED) is 0.715. The van der Waals surface area contributed by atoms with Gasteiger partial charge in [-0.2, -0.15) is 0 Å². The van der Waals surface area contributed by atoms with E-state index in [2.05, 4.69) is 26.1 Å². The molecule has 0 bridgehead atoms. The predicted molar refractivity (Wildman–Crippen MR) is 110 cm³/mol. The Bertz CT molecular complexity index is 682. The first kappa shape index (κ1) is 22.3. The van der Waals surface area contributed by atoms with Crippen LogP contribution in [0.25, 0.3) is 0 Å². The molecule has 0 radical (unpaired) electrons. The molecule has 0 aromatic heterocycles. The largest absolute Gasteiger partial charge is 0.481 e. The number of carbonyl (C=O) groups excluding carboxylic acids is 1. The third kappa shape index (κ3) is 6.54. The number of carboxylic acids is 1. The van der Waals surface area contributed by atoms with E-state index in [-0.39, 0.29) is 18.4 Å². The van der Waals surface area contributed by atoms with E-state index in [1.807, 2.05) is 18.2 Å². The SMILES string of the molecule is CC(C)(Oc1cccc(CCC(=O)O)c1)C(=O)NC1CCC(C(C)(C)C)CC1. The second-order valence-electron chi connectivity index (χ2n) is 9.54. The summed E-state index contributed by atoms with van der Waals surface area (Å²) in [5, 5.41) is 12.0. The van der Waals surface area contributed by atoms with Gasteiger partial charge in [-0.1, -0.05) is 32.9 Å². The summed E-state index contributed by atoms with van der Waals surface area (Å²) in [6, 6.07) is 7.52. The number of hydrogen-bond acceptors (Lipinski definition) is 3. The maximum Gasteiger partial charge on any atom is 0.303 e. The van der Waals surface area contributed by atoms with Crippen molar-refractivity contribution in [2.75, 3.05) is 0 Å². The zero-order valence-electron chi connectivity index (χ0n) is 17.9. The van der Waals surface area contributed by atoms with Crippen LogP contribution < -0.4 is 10.1 Å². The molecular weight excluding hydrogens is 354 g/mol. The Morgan fingerprint density at radius 3 is 2.32 bits per heavy atom. The Kier molecular flexibility index (Phi) is 7.13. The molecule has 2 rings (SSSR count). The van der Waals surface area contributed by atoms with Crippen LogP contribution in [0.4, 0.5) is 0 Å². The van der Waals surface area contributed by atoms with Crippen LogP contribution in [0.1, 0.15) is 72.3 Å². The molecule has 28 heavy (non-hydrogen) atoms. The van der Waals surface area contributed by atoms with E-state index < -0.39 is 11.6 Å². The van der Waals surface area contributed by atoms with Crippen molar-refractivity contribution in [3.05, 3.63) is 29.8 Å². The van der Waals surface area contributed by atoms with Gasteiger partial charge in [0.25, 0.3) is 5.91 Å². The number of rotatable bonds is 7. The summed E-state index contributed by atoms with van der Waals surface area (Å²) in [6.07, 6.45) is 4.81. The average molecular weight is 390 g/mol. The fourth-order valence-corrected chi connectivity index (χ4v) is 3.82. The van der Waals surface area contributed by atoms with Gasteiger partial charge in [0.05, 0.1) is 0 Å². The van der Waals surface area contributed by atoms with Gasteiger partial charge in [-0.05, 0) is 75.0 Å². The molecule has 1 aromatic rings. The van der Waals surface area contributed by atoms with Gasteiger partial charge in [0.15, 0.2) is 5.60 Å². The summed E-state index contributed by atoms with van der Waals surface area (Å²) in [6.45, 7) is 10.4. The normalized spacial score (nSPS) is 20.5. The predicted octanol–water partition coefficient (Wildman–Crippen LogP) is 4.58. The number of aliphatic carboxylic acids is 1. The molecule has 0 saturated heterocycles. The molecule has 156 valence electrons. The highest BCUT2D eigenvalue weighted by Crippen LogP contribution is 2.37. The summed E-state index contributed by atoms with van der Waals surface area (Å²) in [4.78, 5) is 23.6. The Hall–Kier alpha value is -2.04. The molecule has 1 amide bonds. The van der Waals surface area contributed by atoms with Gasteiger partial charge in [-0.3, -0.25) is 9.59 Å². The molecule has 1 fully saturated rings. The fraction of sp³-hybridized carbons (Fsp3) is 0.652. The van der Waals surface area contributed by atoms with E-state index in [0.717, 1.165) is 31.2 Å². The number of benzene rings is 1. The highest BCUT2D eigenvalue weighted by atomic mass is 16.5. The summed E-state index contributed by atoms with van der Waals surface area (Å²) in [7, 11) is 0. The number of aryl methyl sites for hydroxylation is 1. The smallest absolute Gasteiger partial charge is 0.303 e. The minimum absolute atomic E-state index is 0.0740. The Morgan fingerprint density at radius 1 is 1.11 bits per heavy atom. The topological polar surface area (TPSA) is 75.6 Å². The maximum atomic E-state index is 12.8. The molecule has 5 nitrogen and oxygen atoms in total. The third-order valence-corrected chi connectivity index (χ3v) is 5.73. The molecule has 0 atom stereocenters. The number of carboxylic acid groups (broad SMARTS) is 1. The molecule has 0 aliphatic heterocycles. The van der Waals surface area contributed by atoms with Crippen molar-refractivity contribution in [3.8, 4) is 5.75 Å². The van der Waals surface area contributed by atoms with Gasteiger partial charge in [0, 0.05) is 12.5 Å². The van der Waals surface area contributed by atoms with Gasteiger partial charge in [-0.25, -0.2) is 0 Å². The van der Waals surface area contributed by atoms with Crippen molar-refractivity contribution >= 4 is 11.9 Å². The molecule has 1 saturated carbocycles. The van der Waals surface area contributed by atoms with Crippen LogP contribution in [0, 0.1) is 11.3 Å². The number of hydrogen-bond donors (Lipinski definition) is 2. The summed E-state index contributed by atoms with van der Waals surface area (Å²) in [5.41, 5.74) is 0.214. The fourth-order valence-electron chi connectivity index (χ4n) is 3.82. The molecule has 1 aliphatic carbocycles. The highest BCUT2D eigenvalue weighted by molar-refractivity contribution is 5.85. The van der Waals surface area contributed by atoms with E-state index >= 15 is 0 Å². The number of carbonyl (C=O) groups is 2. The standard InChI is InChI=1S/C23H35NO4/c1-22(2,3)17-10-12-18(13-11-17)24-21(27)23(4,5)28-19-8-6-7-16(15-19)9-14-20(25)26/h6-8,15,17-18H,9-14H2,1-5H3,(H,24,27)(H,25,26). The van der Waals surface area contributed by atoms with Crippen LogP contribution in [0.15, 0.2) is 24.3 Å². The Labute approximate surface area is 168 Å². The molecule has 5 heteroatoms. The zero-order valence-corrected chi connectivity index (χ0v) is 17.9. The summed E-state index contributed by atoms with van der Waals surface area (Å²) < 4.78 is 5.97. The Balaban J connectivity index is 1.91. The van der Waals surface area contributed by atoms with Crippen molar-refractivity contribution in [2.24, 2.45) is 11.3 Å². The molecule has 0 unspecified atom stereocenters. The molecule has 1 aromatic carbocycles. The van der Waals surface area contributed by atoms with Crippen LogP contribution in [0.2, 0.25) is 0 Å². The van der Waals surface area contributed by atoms with E-state index in [1.165, 1.54) is 0 Å². The van der Waals surface area contributed by atoms with Crippen LogP contribution in [-0.4, -0.2) is 28.6 Å². The minimum atomic E-state index is -0.994. The van der Waals surface area contributed by atoms with Gasteiger partial charge in [0.1, 0.15) is 5.75 Å². The first-order valence-corrected chi connectivity index (χ1v) is 10.3. The third-order valence-electron chi connectivity index (χ3n) is 5.73. The van der Waals surface area contributed by atoms with Crippen molar-refractivity contribution in [1.29, 1.82) is 0 Å². The van der Waals surface area contributed by atoms with E-state index in [4.69, 9.17) is 9.84 Å². The van der Waals surface area contributed by atoms with Crippen molar-refractivity contribution < 1.29 is 19.4 Å². The summed E-state index contributed by atoms with van der Waals surface area (Å²) >= 11 is 0. The lowest BCUT2D eigenvalue weighted by atomic mass is 9.71. The van der Waals surface area contributed by atoms with Gasteiger partial charge in [0.2, 0.25) is 0 Å². The average Bonchev–Trinajstić information content (AvgIpc) is 2.59. The van der Waals surface area contributed by atoms with Crippen molar-refractivity contribution in [2.45, 2.75) is 84.8 Å². The van der Waals surface area contributed by atoms with E-state index in [0.29, 0.717) is 23.5 Å². The molecule has 0 heterocycles. The second kappa shape index (κ2) is 8.97. The minimum Gasteiger partial charge on any atom is -0.481 e. The first-order valence-electron chi connectivity index (χ1n) is 10.3. The number of amides is 1. The van der Waals surface area contributed by atoms with Gasteiger partial charge < -0.3 is 15.2 Å².